The molecule has 0 aliphatic rings. The molecule has 0 spiro atoms. The van der Waals surface area contributed by atoms with Crippen molar-refractivity contribution in [3.8, 4) is 0 Å². The minimum Gasteiger partial charge on any atom is -0.329 e. The van der Waals surface area contributed by atoms with Crippen LogP contribution in [0.1, 0.15) is 64.5 Å². The van der Waals surface area contributed by atoms with Crippen molar-refractivity contribution in [2.75, 3.05) is 13.1 Å². The van der Waals surface area contributed by atoms with Crippen LogP contribution in [0.25, 0.3) is 0 Å². The summed E-state index contributed by atoms with van der Waals surface area (Å²) in [4.78, 5) is 2.54. The Morgan fingerprint density at radius 1 is 1.05 bits per heavy atom. The molecule has 0 heterocycles. The third-order valence-electron chi connectivity index (χ3n) is 4.77. The van der Waals surface area contributed by atoms with Crippen LogP contribution >= 0.6 is 0 Å². The number of nitrogens with zero attached hydrogens (tertiary/aromatic N) is 1. The molecule has 1 aromatic carbocycles. The molecule has 2 heteroatoms. The Labute approximate surface area is 125 Å². The van der Waals surface area contributed by atoms with E-state index in [0.717, 1.165) is 32.5 Å². The van der Waals surface area contributed by atoms with Gasteiger partial charge in [-0.1, -0.05) is 58.9 Å². The molecule has 2 nitrogen and oxygen atoms in total. The Morgan fingerprint density at radius 3 is 1.95 bits per heavy atom. The van der Waals surface area contributed by atoms with Gasteiger partial charge in [-0.05, 0) is 36.4 Å². The van der Waals surface area contributed by atoms with Crippen molar-refractivity contribution in [2.24, 2.45) is 5.73 Å². The molecule has 0 fully saturated rings. The number of rotatable bonds is 8. The first-order chi connectivity index (χ1) is 9.52. The monoisotopic (exact) mass is 276 g/mol. The first kappa shape index (κ1) is 17.2. The molecule has 0 aliphatic heterocycles. The van der Waals surface area contributed by atoms with E-state index in [2.05, 4.69) is 63.8 Å². The van der Waals surface area contributed by atoms with Gasteiger partial charge in [0.1, 0.15) is 0 Å². The van der Waals surface area contributed by atoms with Crippen molar-refractivity contribution in [1.82, 2.24) is 4.90 Å². The topological polar surface area (TPSA) is 29.3 Å². The van der Waals surface area contributed by atoms with Gasteiger partial charge in [-0.2, -0.15) is 0 Å². The fourth-order valence-corrected chi connectivity index (χ4v) is 2.96. The molecule has 1 aromatic rings. The summed E-state index contributed by atoms with van der Waals surface area (Å²) in [6.07, 6.45) is 2.22. The van der Waals surface area contributed by atoms with Crippen LogP contribution in [-0.4, -0.2) is 23.5 Å². The summed E-state index contributed by atoms with van der Waals surface area (Å²) < 4.78 is 0. The van der Waals surface area contributed by atoms with E-state index >= 15 is 0 Å². The lowest BCUT2D eigenvalue weighted by molar-refractivity contribution is 0.0828. The van der Waals surface area contributed by atoms with Gasteiger partial charge < -0.3 is 5.73 Å². The zero-order chi connectivity index (χ0) is 15.2. The maximum Gasteiger partial charge on any atom is 0.0329 e. The summed E-state index contributed by atoms with van der Waals surface area (Å²) in [5, 5.41) is 0. The molecule has 0 saturated heterocycles. The normalized spacial score (nSPS) is 12.4. The molecule has 0 radical (unpaired) electrons. The van der Waals surface area contributed by atoms with Crippen LogP contribution in [0, 0.1) is 0 Å². The zero-order valence-electron chi connectivity index (χ0n) is 13.9. The van der Waals surface area contributed by atoms with Crippen LogP contribution in [0.5, 0.6) is 0 Å². The molecule has 0 unspecified atom stereocenters. The fourth-order valence-electron chi connectivity index (χ4n) is 2.96. The average molecular weight is 276 g/mol. The molecule has 1 rings (SSSR count). The Kier molecular flexibility index (Phi) is 6.70. The van der Waals surface area contributed by atoms with Crippen molar-refractivity contribution >= 4 is 0 Å². The van der Waals surface area contributed by atoms with Gasteiger partial charge in [0.2, 0.25) is 0 Å². The molecule has 0 amide bonds. The van der Waals surface area contributed by atoms with Crippen molar-refractivity contribution in [1.29, 1.82) is 0 Å². The summed E-state index contributed by atoms with van der Waals surface area (Å²) in [6.45, 7) is 14.0. The summed E-state index contributed by atoms with van der Waals surface area (Å²) >= 11 is 0. The van der Waals surface area contributed by atoms with Crippen molar-refractivity contribution in [2.45, 2.75) is 65.5 Å². The summed E-state index contributed by atoms with van der Waals surface area (Å²) in [5.41, 5.74) is 9.02. The Morgan fingerprint density at radius 2 is 1.60 bits per heavy atom. The smallest absolute Gasteiger partial charge is 0.0329 e. The molecule has 114 valence electrons. The minimum atomic E-state index is 0.144. The van der Waals surface area contributed by atoms with E-state index in [4.69, 9.17) is 5.73 Å². The number of nitrogens with two attached hydrogens (primary N) is 1. The molecular formula is C18H32N2. The van der Waals surface area contributed by atoms with E-state index in [1.165, 1.54) is 11.1 Å². The highest BCUT2D eigenvalue weighted by Gasteiger charge is 2.30. The Balaban J connectivity index is 2.87. The maximum atomic E-state index is 6.08. The summed E-state index contributed by atoms with van der Waals surface area (Å²) in [5.74, 6) is 0.598. The van der Waals surface area contributed by atoms with Gasteiger partial charge in [-0.3, -0.25) is 4.90 Å². The highest BCUT2D eigenvalue weighted by Crippen LogP contribution is 2.25. The van der Waals surface area contributed by atoms with Crippen LogP contribution < -0.4 is 5.73 Å². The van der Waals surface area contributed by atoms with Crippen molar-refractivity contribution in [3.63, 3.8) is 0 Å². The van der Waals surface area contributed by atoms with Crippen LogP contribution in [0.3, 0.4) is 0 Å². The maximum absolute atomic E-state index is 6.08. The quantitative estimate of drug-likeness (QED) is 0.773. The van der Waals surface area contributed by atoms with Crippen LogP contribution in [0.2, 0.25) is 0 Å². The van der Waals surface area contributed by atoms with Crippen LogP contribution in [-0.2, 0) is 6.54 Å². The first-order valence-electron chi connectivity index (χ1n) is 8.06. The summed E-state index contributed by atoms with van der Waals surface area (Å²) in [6, 6.07) is 9.06. The van der Waals surface area contributed by atoms with E-state index < -0.39 is 0 Å². The van der Waals surface area contributed by atoms with E-state index in [-0.39, 0.29) is 5.54 Å². The fraction of sp³-hybridized carbons (Fsp3) is 0.667. The number of likely N-dealkylation sites (N-methyl/N-ethyl adjacent to an activating group) is 1. The van der Waals surface area contributed by atoms with Gasteiger partial charge in [-0.25, -0.2) is 0 Å². The predicted molar refractivity (Wildman–Crippen MR) is 89.0 cm³/mol. The van der Waals surface area contributed by atoms with Gasteiger partial charge in [0.15, 0.2) is 0 Å². The number of hydrogen-bond donors (Lipinski definition) is 1. The largest absolute Gasteiger partial charge is 0.329 e. The molecule has 2 N–H and O–H groups in total. The van der Waals surface area contributed by atoms with Gasteiger partial charge in [0.25, 0.3) is 0 Å². The molecule has 0 aromatic heterocycles. The second-order valence-corrected chi connectivity index (χ2v) is 6.05. The van der Waals surface area contributed by atoms with Gasteiger partial charge in [0.05, 0.1) is 0 Å². The lowest BCUT2D eigenvalue weighted by atomic mass is 9.90. The number of benzene rings is 1. The third kappa shape index (κ3) is 3.83. The summed E-state index contributed by atoms with van der Waals surface area (Å²) in [7, 11) is 0. The molecule has 20 heavy (non-hydrogen) atoms. The van der Waals surface area contributed by atoms with E-state index in [0.29, 0.717) is 5.92 Å². The van der Waals surface area contributed by atoms with Crippen molar-refractivity contribution in [3.05, 3.63) is 35.4 Å². The lowest BCUT2D eigenvalue weighted by Crippen LogP contribution is -2.52. The highest BCUT2D eigenvalue weighted by atomic mass is 15.2. The molecule has 0 atom stereocenters. The molecule has 0 aliphatic carbocycles. The average Bonchev–Trinajstić information content (AvgIpc) is 2.48. The van der Waals surface area contributed by atoms with Gasteiger partial charge in [-0.15, -0.1) is 0 Å². The first-order valence-corrected chi connectivity index (χ1v) is 8.06. The molecule has 0 saturated carbocycles. The minimum absolute atomic E-state index is 0.144. The molecular weight excluding hydrogens is 244 g/mol. The molecule has 0 bridgehead atoms. The SMILES string of the molecule is CCN(Cc1ccc(C(C)C)cc1)C(CC)(CC)CN. The zero-order valence-corrected chi connectivity index (χ0v) is 13.9. The second-order valence-electron chi connectivity index (χ2n) is 6.05. The standard InChI is InChI=1S/C18H32N2/c1-6-18(7-2,14-19)20(8-3)13-16-9-11-17(12-10-16)15(4)5/h9-12,15H,6-8,13-14,19H2,1-5H3. The van der Waals surface area contributed by atoms with Crippen molar-refractivity contribution < 1.29 is 0 Å². The highest BCUT2D eigenvalue weighted by molar-refractivity contribution is 5.24. The second kappa shape index (κ2) is 7.80. The third-order valence-corrected chi connectivity index (χ3v) is 4.77. The lowest BCUT2D eigenvalue weighted by Gasteiger charge is -2.42. The van der Waals surface area contributed by atoms with Gasteiger partial charge in [0, 0.05) is 18.6 Å². The van der Waals surface area contributed by atoms with E-state index in [1.54, 1.807) is 0 Å². The van der Waals surface area contributed by atoms with Crippen LogP contribution in [0.4, 0.5) is 0 Å². The van der Waals surface area contributed by atoms with E-state index in [1.807, 2.05) is 0 Å². The Hall–Kier alpha value is -0.860. The Bertz CT molecular complexity index is 369. The number of hydrogen-bond acceptors (Lipinski definition) is 2. The van der Waals surface area contributed by atoms with Crippen LogP contribution in [0.15, 0.2) is 24.3 Å². The predicted octanol–water partition coefficient (Wildman–Crippen LogP) is 4.15. The van der Waals surface area contributed by atoms with Gasteiger partial charge >= 0.3 is 0 Å². The van der Waals surface area contributed by atoms with E-state index in [9.17, 15) is 0 Å².